The van der Waals surface area contributed by atoms with Crippen molar-refractivity contribution in [1.82, 2.24) is 0 Å². The Kier molecular flexibility index (Phi) is 5.33. The lowest BCUT2D eigenvalue weighted by atomic mass is 10.0. The van der Waals surface area contributed by atoms with Crippen molar-refractivity contribution in [1.29, 1.82) is 0 Å². The fourth-order valence-corrected chi connectivity index (χ4v) is 5.18. The molecule has 0 radical (unpaired) electrons. The number of carbonyl (C=O) groups is 1. The third kappa shape index (κ3) is 4.31. The summed E-state index contributed by atoms with van der Waals surface area (Å²) in [6.45, 7) is 0. The molecule has 0 bridgehead atoms. The first kappa shape index (κ1) is 19.2. The molecule has 0 aliphatic rings. The Morgan fingerprint density at radius 3 is 2.34 bits per heavy atom. The van der Waals surface area contributed by atoms with Gasteiger partial charge < -0.3 is 5.32 Å². The molecule has 0 spiro atoms. The number of para-hydroxylation sites is 2. The summed E-state index contributed by atoms with van der Waals surface area (Å²) in [5, 5.41) is 6.63. The number of nitrogens with one attached hydrogen (secondary N) is 2. The monoisotopic (exact) mass is 422 g/mol. The Bertz CT molecular complexity index is 1260. The molecule has 0 saturated heterocycles. The summed E-state index contributed by atoms with van der Waals surface area (Å²) in [5.74, 6) is -0.218. The van der Waals surface area contributed by atoms with Crippen LogP contribution in [0.4, 0.5) is 11.4 Å². The van der Waals surface area contributed by atoms with Crippen molar-refractivity contribution in [3.05, 3.63) is 89.8 Å². The van der Waals surface area contributed by atoms with Gasteiger partial charge in [-0.2, -0.15) is 0 Å². The summed E-state index contributed by atoms with van der Waals surface area (Å²) in [4.78, 5) is 12.7. The molecule has 0 unspecified atom stereocenters. The Labute approximate surface area is 173 Å². The average Bonchev–Trinajstić information content (AvgIpc) is 3.26. The molecule has 0 saturated carbocycles. The second-order valence-electron chi connectivity index (χ2n) is 6.45. The van der Waals surface area contributed by atoms with E-state index in [2.05, 4.69) is 10.0 Å². The predicted octanol–water partition coefficient (Wildman–Crippen LogP) is 4.88. The van der Waals surface area contributed by atoms with Gasteiger partial charge in [0.05, 0.1) is 17.8 Å². The van der Waals surface area contributed by atoms with Gasteiger partial charge in [-0.15, -0.1) is 11.3 Å². The fraction of sp³-hybridized carbons (Fsp3) is 0.0455. The van der Waals surface area contributed by atoms with Crippen LogP contribution in [-0.2, 0) is 21.2 Å². The zero-order valence-electron chi connectivity index (χ0n) is 15.3. The van der Waals surface area contributed by atoms with Crippen LogP contribution in [0.3, 0.4) is 0 Å². The maximum absolute atomic E-state index is 12.7. The third-order valence-corrected chi connectivity index (χ3v) is 7.20. The number of hydrogen-bond donors (Lipinski definition) is 2. The Morgan fingerprint density at radius 1 is 0.828 bits per heavy atom. The number of thiophene rings is 1. The Morgan fingerprint density at radius 2 is 1.55 bits per heavy atom. The molecule has 0 aliphatic heterocycles. The van der Waals surface area contributed by atoms with Gasteiger partial charge in [-0.1, -0.05) is 60.7 Å². The van der Waals surface area contributed by atoms with Gasteiger partial charge in [0.15, 0.2) is 0 Å². The van der Waals surface area contributed by atoms with E-state index < -0.39 is 10.0 Å². The average molecular weight is 423 g/mol. The molecule has 2 N–H and O–H groups in total. The van der Waals surface area contributed by atoms with Crippen LogP contribution in [0.25, 0.3) is 10.8 Å². The highest BCUT2D eigenvalue weighted by atomic mass is 32.2. The summed E-state index contributed by atoms with van der Waals surface area (Å²) >= 11 is 1.13. The number of carbonyl (C=O) groups excluding carboxylic acids is 1. The Balaban J connectivity index is 1.55. The van der Waals surface area contributed by atoms with E-state index >= 15 is 0 Å². The SMILES string of the molecule is O=C(Cc1cccc2ccccc12)Nc1ccccc1NS(=O)(=O)c1cccs1. The zero-order chi connectivity index (χ0) is 20.3. The zero-order valence-corrected chi connectivity index (χ0v) is 17.0. The molecule has 0 atom stereocenters. The topological polar surface area (TPSA) is 75.3 Å². The number of sulfonamides is 1. The van der Waals surface area contributed by atoms with Crippen molar-refractivity contribution in [3.8, 4) is 0 Å². The highest BCUT2D eigenvalue weighted by Gasteiger charge is 2.17. The van der Waals surface area contributed by atoms with E-state index in [0.29, 0.717) is 11.4 Å². The summed E-state index contributed by atoms with van der Waals surface area (Å²) in [6.07, 6.45) is 0.188. The molecule has 1 aromatic heterocycles. The van der Waals surface area contributed by atoms with Crippen molar-refractivity contribution in [2.45, 2.75) is 10.6 Å². The summed E-state index contributed by atoms with van der Waals surface area (Å²) in [6, 6.07) is 23.7. The molecule has 1 amide bonds. The molecule has 29 heavy (non-hydrogen) atoms. The second kappa shape index (κ2) is 8.06. The smallest absolute Gasteiger partial charge is 0.271 e. The predicted molar refractivity (Wildman–Crippen MR) is 118 cm³/mol. The highest BCUT2D eigenvalue weighted by molar-refractivity contribution is 7.94. The summed E-state index contributed by atoms with van der Waals surface area (Å²) in [5.41, 5.74) is 1.65. The van der Waals surface area contributed by atoms with Crippen LogP contribution >= 0.6 is 11.3 Å². The van der Waals surface area contributed by atoms with Crippen molar-refractivity contribution < 1.29 is 13.2 Å². The molecule has 1 heterocycles. The van der Waals surface area contributed by atoms with Gasteiger partial charge in [-0.25, -0.2) is 8.42 Å². The molecular weight excluding hydrogens is 404 g/mol. The van der Waals surface area contributed by atoms with Crippen molar-refractivity contribution >= 4 is 49.4 Å². The lowest BCUT2D eigenvalue weighted by Crippen LogP contribution is -2.18. The minimum atomic E-state index is -3.70. The quantitative estimate of drug-likeness (QED) is 0.465. The Hall–Kier alpha value is -3.16. The van der Waals surface area contributed by atoms with Crippen molar-refractivity contribution in [3.63, 3.8) is 0 Å². The fourth-order valence-electron chi connectivity index (χ4n) is 3.11. The van der Waals surface area contributed by atoms with Crippen LogP contribution in [0.15, 0.2) is 88.5 Å². The van der Waals surface area contributed by atoms with Crippen molar-refractivity contribution in [2.75, 3.05) is 10.0 Å². The number of anilines is 2. The molecule has 0 fully saturated rings. The normalized spacial score (nSPS) is 11.3. The first-order valence-corrected chi connectivity index (χ1v) is 11.3. The molecule has 4 aromatic rings. The molecule has 146 valence electrons. The van der Waals surface area contributed by atoms with E-state index in [-0.39, 0.29) is 16.5 Å². The van der Waals surface area contributed by atoms with Crippen LogP contribution in [0.5, 0.6) is 0 Å². The van der Waals surface area contributed by atoms with Crippen LogP contribution in [0, 0.1) is 0 Å². The van der Waals surface area contributed by atoms with Gasteiger partial charge in [-0.3, -0.25) is 9.52 Å². The number of benzene rings is 3. The maximum Gasteiger partial charge on any atom is 0.271 e. The number of fused-ring (bicyclic) bond motifs is 1. The molecule has 0 aliphatic carbocycles. The van der Waals surface area contributed by atoms with Gasteiger partial charge >= 0.3 is 0 Å². The van der Waals surface area contributed by atoms with Gasteiger partial charge in [0.2, 0.25) is 5.91 Å². The first-order valence-electron chi connectivity index (χ1n) is 8.95. The molecule has 3 aromatic carbocycles. The van der Waals surface area contributed by atoms with E-state index in [0.717, 1.165) is 27.7 Å². The lowest BCUT2D eigenvalue weighted by molar-refractivity contribution is -0.115. The lowest BCUT2D eigenvalue weighted by Gasteiger charge is -2.13. The van der Waals surface area contributed by atoms with Gasteiger partial charge in [0, 0.05) is 0 Å². The van der Waals surface area contributed by atoms with Crippen LogP contribution in [0.1, 0.15) is 5.56 Å². The molecule has 5 nitrogen and oxygen atoms in total. The molecule has 4 rings (SSSR count). The summed E-state index contributed by atoms with van der Waals surface area (Å²) < 4.78 is 27.8. The van der Waals surface area contributed by atoms with Crippen LogP contribution < -0.4 is 10.0 Å². The largest absolute Gasteiger partial charge is 0.324 e. The minimum Gasteiger partial charge on any atom is -0.324 e. The van der Waals surface area contributed by atoms with E-state index in [4.69, 9.17) is 0 Å². The number of amides is 1. The molecular formula is C22H18N2O3S2. The number of rotatable bonds is 6. The van der Waals surface area contributed by atoms with Gasteiger partial charge in [-0.05, 0) is 39.9 Å². The van der Waals surface area contributed by atoms with Crippen molar-refractivity contribution in [2.24, 2.45) is 0 Å². The summed E-state index contributed by atoms with van der Waals surface area (Å²) in [7, 11) is -3.70. The highest BCUT2D eigenvalue weighted by Crippen LogP contribution is 2.26. The second-order valence-corrected chi connectivity index (χ2v) is 9.30. The minimum absolute atomic E-state index is 0.188. The van der Waals surface area contributed by atoms with Crippen LogP contribution in [-0.4, -0.2) is 14.3 Å². The van der Waals surface area contributed by atoms with E-state index in [9.17, 15) is 13.2 Å². The van der Waals surface area contributed by atoms with E-state index in [1.807, 2.05) is 42.5 Å². The van der Waals surface area contributed by atoms with Crippen LogP contribution in [0.2, 0.25) is 0 Å². The number of hydrogen-bond acceptors (Lipinski definition) is 4. The van der Waals surface area contributed by atoms with E-state index in [1.165, 1.54) is 6.07 Å². The van der Waals surface area contributed by atoms with Gasteiger partial charge in [0.25, 0.3) is 10.0 Å². The molecule has 7 heteroatoms. The third-order valence-electron chi connectivity index (χ3n) is 4.44. The standard InChI is InChI=1S/C22H18N2O3S2/c25-21(15-17-9-5-8-16-7-1-2-10-18(16)17)23-19-11-3-4-12-20(19)24-29(26,27)22-13-6-14-28-22/h1-14,24H,15H2,(H,23,25). The van der Waals surface area contributed by atoms with Gasteiger partial charge in [0.1, 0.15) is 4.21 Å². The van der Waals surface area contributed by atoms with E-state index in [1.54, 1.807) is 35.7 Å². The maximum atomic E-state index is 12.7. The first-order chi connectivity index (χ1) is 14.0.